The van der Waals surface area contributed by atoms with E-state index in [2.05, 4.69) is 21.7 Å². The van der Waals surface area contributed by atoms with Gasteiger partial charge in [-0.25, -0.2) is 4.98 Å². The molecule has 5 heteroatoms. The van der Waals surface area contributed by atoms with Crippen molar-refractivity contribution < 1.29 is 0 Å². The van der Waals surface area contributed by atoms with E-state index in [0.717, 1.165) is 37.9 Å². The Hall–Kier alpha value is -0.650. The molecule has 0 aliphatic carbocycles. The largest absolute Gasteiger partial charge is 0.346 e. The number of likely N-dealkylation sites (N-methyl/N-ethyl adjacent to an activating group) is 1. The first-order valence-electron chi connectivity index (χ1n) is 5.89. The van der Waals surface area contributed by atoms with Crippen LogP contribution in [0.4, 0.5) is 5.13 Å². The molecule has 1 aliphatic heterocycles. The maximum atomic E-state index is 5.84. The van der Waals surface area contributed by atoms with Crippen molar-refractivity contribution >= 4 is 16.5 Å². The van der Waals surface area contributed by atoms with Crippen LogP contribution in [-0.2, 0) is 0 Å². The van der Waals surface area contributed by atoms with E-state index in [1.807, 2.05) is 13.1 Å². The maximum absolute atomic E-state index is 5.84. The van der Waals surface area contributed by atoms with Gasteiger partial charge in [0.05, 0.1) is 0 Å². The maximum Gasteiger partial charge on any atom is 0.185 e. The molecule has 1 unspecified atom stereocenters. The second-order valence-electron chi connectivity index (χ2n) is 4.26. The summed E-state index contributed by atoms with van der Waals surface area (Å²) in [4.78, 5) is 10.5. The zero-order chi connectivity index (χ0) is 11.5. The minimum Gasteiger partial charge on any atom is -0.346 e. The third-order valence-electron chi connectivity index (χ3n) is 3.05. The number of anilines is 1. The predicted molar refractivity (Wildman–Crippen MR) is 69.0 cm³/mol. The summed E-state index contributed by atoms with van der Waals surface area (Å²) in [5, 5.41) is 1.13. The molecule has 2 N–H and O–H groups in total. The Labute approximate surface area is 101 Å². The monoisotopic (exact) mass is 240 g/mol. The summed E-state index contributed by atoms with van der Waals surface area (Å²) in [7, 11) is 0. The lowest BCUT2D eigenvalue weighted by Crippen LogP contribution is -2.46. The second-order valence-corrected chi connectivity index (χ2v) is 5.30. The molecule has 0 spiro atoms. The molecule has 16 heavy (non-hydrogen) atoms. The van der Waals surface area contributed by atoms with Crippen molar-refractivity contribution in [3.05, 3.63) is 11.1 Å². The summed E-state index contributed by atoms with van der Waals surface area (Å²) in [5.74, 6) is 0. The number of thiazole rings is 1. The zero-order valence-electron chi connectivity index (χ0n) is 10.0. The predicted octanol–water partition coefficient (Wildman–Crippen LogP) is 1.30. The molecule has 90 valence electrons. The van der Waals surface area contributed by atoms with Crippen LogP contribution in [0.15, 0.2) is 6.20 Å². The van der Waals surface area contributed by atoms with Crippen molar-refractivity contribution in [3.63, 3.8) is 0 Å². The van der Waals surface area contributed by atoms with Gasteiger partial charge in [0.15, 0.2) is 5.13 Å². The molecule has 1 aromatic rings. The SMILES string of the molecule is CCN1CCN(c2ncc(C(C)N)s2)CC1. The van der Waals surface area contributed by atoms with Crippen molar-refractivity contribution in [2.24, 2.45) is 5.73 Å². The average Bonchev–Trinajstić information content (AvgIpc) is 2.78. The molecule has 0 amide bonds. The minimum absolute atomic E-state index is 0.100. The van der Waals surface area contributed by atoms with Crippen molar-refractivity contribution in [1.82, 2.24) is 9.88 Å². The van der Waals surface area contributed by atoms with Crippen LogP contribution >= 0.6 is 11.3 Å². The molecule has 2 rings (SSSR count). The fourth-order valence-corrected chi connectivity index (χ4v) is 2.81. The molecule has 1 aliphatic rings. The Morgan fingerprint density at radius 1 is 1.44 bits per heavy atom. The van der Waals surface area contributed by atoms with Crippen molar-refractivity contribution in [2.45, 2.75) is 19.9 Å². The standard InChI is InChI=1S/C11H20N4S/c1-3-14-4-6-15(7-5-14)11-13-8-10(16-11)9(2)12/h8-9H,3-7,12H2,1-2H3. The van der Waals surface area contributed by atoms with Gasteiger partial charge in [-0.3, -0.25) is 0 Å². The lowest BCUT2D eigenvalue weighted by atomic mass is 10.3. The van der Waals surface area contributed by atoms with Gasteiger partial charge in [-0.05, 0) is 13.5 Å². The molecular formula is C11H20N4S. The highest BCUT2D eigenvalue weighted by atomic mass is 32.1. The van der Waals surface area contributed by atoms with Crippen LogP contribution in [0.25, 0.3) is 0 Å². The summed E-state index contributed by atoms with van der Waals surface area (Å²) < 4.78 is 0. The zero-order valence-corrected chi connectivity index (χ0v) is 10.8. The molecule has 0 radical (unpaired) electrons. The van der Waals surface area contributed by atoms with E-state index in [-0.39, 0.29) is 6.04 Å². The summed E-state index contributed by atoms with van der Waals surface area (Å²) in [6.07, 6.45) is 1.91. The lowest BCUT2D eigenvalue weighted by Gasteiger charge is -2.33. The Morgan fingerprint density at radius 2 is 2.12 bits per heavy atom. The molecule has 1 fully saturated rings. The van der Waals surface area contributed by atoms with Gasteiger partial charge in [-0.1, -0.05) is 6.92 Å². The molecule has 1 atom stereocenters. The van der Waals surface area contributed by atoms with E-state index >= 15 is 0 Å². The molecular weight excluding hydrogens is 220 g/mol. The number of nitrogens with zero attached hydrogens (tertiary/aromatic N) is 3. The first kappa shape index (κ1) is 11.8. The van der Waals surface area contributed by atoms with Crippen LogP contribution in [0.3, 0.4) is 0 Å². The van der Waals surface area contributed by atoms with Gasteiger partial charge >= 0.3 is 0 Å². The number of hydrogen-bond acceptors (Lipinski definition) is 5. The Morgan fingerprint density at radius 3 is 2.62 bits per heavy atom. The molecule has 0 saturated carbocycles. The normalized spacial score (nSPS) is 20.1. The van der Waals surface area contributed by atoms with Crippen LogP contribution in [0.5, 0.6) is 0 Å². The highest BCUT2D eigenvalue weighted by molar-refractivity contribution is 7.15. The summed E-state index contributed by atoms with van der Waals surface area (Å²) in [5.41, 5.74) is 5.84. The third-order valence-corrected chi connectivity index (χ3v) is 4.31. The minimum atomic E-state index is 0.100. The first-order valence-corrected chi connectivity index (χ1v) is 6.71. The van der Waals surface area contributed by atoms with Gasteiger partial charge in [0.1, 0.15) is 0 Å². The second kappa shape index (κ2) is 5.12. The summed E-state index contributed by atoms with van der Waals surface area (Å²) in [6.45, 7) is 9.82. The molecule has 2 heterocycles. The van der Waals surface area contributed by atoms with Crippen LogP contribution in [0.1, 0.15) is 24.8 Å². The topological polar surface area (TPSA) is 45.4 Å². The third kappa shape index (κ3) is 2.53. The molecule has 0 aromatic carbocycles. The first-order chi connectivity index (χ1) is 7.70. The van der Waals surface area contributed by atoms with Gasteiger partial charge in [-0.15, -0.1) is 11.3 Å². The Kier molecular flexibility index (Phi) is 3.78. The van der Waals surface area contributed by atoms with E-state index in [0.29, 0.717) is 0 Å². The molecule has 1 aromatic heterocycles. The summed E-state index contributed by atoms with van der Waals surface area (Å²) >= 11 is 1.73. The fraction of sp³-hybridized carbons (Fsp3) is 0.727. The summed E-state index contributed by atoms with van der Waals surface area (Å²) in [6, 6.07) is 0.100. The average molecular weight is 240 g/mol. The Bertz CT molecular complexity index is 328. The fourth-order valence-electron chi connectivity index (χ4n) is 1.89. The number of nitrogens with two attached hydrogens (primary N) is 1. The molecule has 0 bridgehead atoms. The van der Waals surface area contributed by atoms with Crippen LogP contribution in [-0.4, -0.2) is 42.6 Å². The van der Waals surface area contributed by atoms with Crippen LogP contribution in [0, 0.1) is 0 Å². The van der Waals surface area contributed by atoms with Gasteiger partial charge in [0.25, 0.3) is 0 Å². The van der Waals surface area contributed by atoms with E-state index in [9.17, 15) is 0 Å². The number of hydrogen-bond donors (Lipinski definition) is 1. The van der Waals surface area contributed by atoms with Crippen molar-refractivity contribution in [3.8, 4) is 0 Å². The van der Waals surface area contributed by atoms with Crippen molar-refractivity contribution in [1.29, 1.82) is 0 Å². The molecule has 1 saturated heterocycles. The highest BCUT2D eigenvalue weighted by Gasteiger charge is 2.18. The van der Waals surface area contributed by atoms with Gasteiger partial charge < -0.3 is 15.5 Å². The van der Waals surface area contributed by atoms with Crippen molar-refractivity contribution in [2.75, 3.05) is 37.6 Å². The quantitative estimate of drug-likeness (QED) is 0.865. The van der Waals surface area contributed by atoms with Gasteiger partial charge in [-0.2, -0.15) is 0 Å². The Balaban J connectivity index is 1.97. The van der Waals surface area contributed by atoms with Crippen LogP contribution in [0.2, 0.25) is 0 Å². The molecule has 4 nitrogen and oxygen atoms in total. The van der Waals surface area contributed by atoms with E-state index in [1.165, 1.54) is 4.88 Å². The number of piperazine rings is 1. The lowest BCUT2D eigenvalue weighted by molar-refractivity contribution is 0.271. The van der Waals surface area contributed by atoms with Gasteiger partial charge in [0.2, 0.25) is 0 Å². The van der Waals surface area contributed by atoms with E-state index in [4.69, 9.17) is 5.73 Å². The van der Waals surface area contributed by atoms with E-state index < -0.39 is 0 Å². The smallest absolute Gasteiger partial charge is 0.185 e. The number of aromatic nitrogens is 1. The van der Waals surface area contributed by atoms with E-state index in [1.54, 1.807) is 11.3 Å². The highest BCUT2D eigenvalue weighted by Crippen LogP contribution is 2.26. The van der Waals surface area contributed by atoms with Gasteiger partial charge in [0, 0.05) is 43.3 Å². The van der Waals surface area contributed by atoms with Crippen LogP contribution < -0.4 is 10.6 Å². The number of rotatable bonds is 3.